The molecule has 0 N–H and O–H groups in total. The van der Waals surface area contributed by atoms with Gasteiger partial charge in [-0.25, -0.2) is 4.98 Å². The van der Waals surface area contributed by atoms with Gasteiger partial charge < -0.3 is 9.80 Å². The lowest BCUT2D eigenvalue weighted by molar-refractivity contribution is 0.0746. The van der Waals surface area contributed by atoms with E-state index in [-0.39, 0.29) is 5.91 Å². The van der Waals surface area contributed by atoms with Gasteiger partial charge in [0.1, 0.15) is 5.82 Å². The number of aromatic nitrogens is 1. The number of benzene rings is 2. The van der Waals surface area contributed by atoms with Gasteiger partial charge in [0.2, 0.25) is 0 Å². The predicted molar refractivity (Wildman–Crippen MR) is 96.3 cm³/mol. The molecule has 3 aromatic rings. The number of hydrogen-bond donors (Lipinski definition) is 0. The van der Waals surface area contributed by atoms with E-state index in [1.165, 1.54) is 0 Å². The first-order valence-electron chi connectivity index (χ1n) is 8.25. The lowest BCUT2D eigenvalue weighted by Crippen LogP contribution is -2.49. The van der Waals surface area contributed by atoms with E-state index >= 15 is 0 Å². The molecule has 0 unspecified atom stereocenters. The summed E-state index contributed by atoms with van der Waals surface area (Å²) in [7, 11) is 0. The Balaban J connectivity index is 1.47. The number of anilines is 1. The zero-order chi connectivity index (χ0) is 16.4. The molecule has 1 aromatic heterocycles. The molecule has 0 saturated carbocycles. The van der Waals surface area contributed by atoms with E-state index in [1.54, 1.807) is 0 Å². The second kappa shape index (κ2) is 6.32. The Kier molecular flexibility index (Phi) is 3.87. The standard InChI is InChI=1S/C20H19N3O/c24-20(18-9-8-16-5-1-2-6-17(16)15-18)23-13-11-22(12-14-23)19-7-3-4-10-21-19/h1-10,15H,11-14H2. The van der Waals surface area contributed by atoms with Crippen LogP contribution in [-0.2, 0) is 0 Å². The smallest absolute Gasteiger partial charge is 0.253 e. The van der Waals surface area contributed by atoms with Gasteiger partial charge in [0.15, 0.2) is 0 Å². The van der Waals surface area contributed by atoms with Gasteiger partial charge in [0.05, 0.1) is 0 Å². The number of piperazine rings is 1. The van der Waals surface area contributed by atoms with E-state index in [0.717, 1.165) is 48.3 Å². The van der Waals surface area contributed by atoms with Gasteiger partial charge in [-0.15, -0.1) is 0 Å². The first-order chi connectivity index (χ1) is 11.8. The highest BCUT2D eigenvalue weighted by Gasteiger charge is 2.22. The number of rotatable bonds is 2. The second-order valence-electron chi connectivity index (χ2n) is 6.03. The minimum atomic E-state index is 0.112. The maximum atomic E-state index is 12.8. The van der Waals surface area contributed by atoms with Crippen LogP contribution in [-0.4, -0.2) is 42.0 Å². The Morgan fingerprint density at radius 2 is 1.58 bits per heavy atom. The molecule has 0 bridgehead atoms. The third-order valence-corrected chi connectivity index (χ3v) is 4.54. The topological polar surface area (TPSA) is 36.4 Å². The fraction of sp³-hybridized carbons (Fsp3) is 0.200. The minimum absolute atomic E-state index is 0.112. The molecule has 2 heterocycles. The number of carbonyl (C=O) groups is 1. The van der Waals surface area contributed by atoms with Gasteiger partial charge >= 0.3 is 0 Å². The number of fused-ring (bicyclic) bond motifs is 1. The Morgan fingerprint density at radius 1 is 0.833 bits per heavy atom. The Labute approximate surface area is 141 Å². The quantitative estimate of drug-likeness (QED) is 0.728. The molecule has 1 aliphatic rings. The Hall–Kier alpha value is -2.88. The van der Waals surface area contributed by atoms with Crippen molar-refractivity contribution < 1.29 is 4.79 Å². The fourth-order valence-corrected chi connectivity index (χ4v) is 3.18. The number of pyridine rings is 1. The van der Waals surface area contributed by atoms with Crippen LogP contribution in [0.5, 0.6) is 0 Å². The fourth-order valence-electron chi connectivity index (χ4n) is 3.18. The molecule has 1 aliphatic heterocycles. The largest absolute Gasteiger partial charge is 0.353 e. The molecule has 0 radical (unpaired) electrons. The summed E-state index contributed by atoms with van der Waals surface area (Å²) in [5.74, 6) is 1.09. The summed E-state index contributed by atoms with van der Waals surface area (Å²) in [6.07, 6.45) is 1.81. The maximum absolute atomic E-state index is 12.8. The lowest BCUT2D eigenvalue weighted by Gasteiger charge is -2.35. The van der Waals surface area contributed by atoms with Gasteiger partial charge in [-0.3, -0.25) is 4.79 Å². The number of hydrogen-bond acceptors (Lipinski definition) is 3. The zero-order valence-corrected chi connectivity index (χ0v) is 13.4. The van der Waals surface area contributed by atoms with Crippen molar-refractivity contribution in [2.75, 3.05) is 31.1 Å². The van der Waals surface area contributed by atoms with Crippen LogP contribution in [0.3, 0.4) is 0 Å². The van der Waals surface area contributed by atoms with Gasteiger partial charge in [-0.1, -0.05) is 36.4 Å². The van der Waals surface area contributed by atoms with E-state index in [9.17, 15) is 4.79 Å². The predicted octanol–water partition coefficient (Wildman–Crippen LogP) is 3.20. The summed E-state index contributed by atoms with van der Waals surface area (Å²) >= 11 is 0. The summed E-state index contributed by atoms with van der Waals surface area (Å²) in [4.78, 5) is 21.3. The van der Waals surface area contributed by atoms with Crippen molar-refractivity contribution in [3.05, 3.63) is 72.4 Å². The van der Waals surface area contributed by atoms with E-state index in [2.05, 4.69) is 16.0 Å². The number of carbonyl (C=O) groups excluding carboxylic acids is 1. The molecule has 0 atom stereocenters. The van der Waals surface area contributed by atoms with Gasteiger partial charge in [0.25, 0.3) is 5.91 Å². The van der Waals surface area contributed by atoms with E-state index in [4.69, 9.17) is 0 Å². The third kappa shape index (κ3) is 2.83. The average molecular weight is 317 g/mol. The van der Waals surface area contributed by atoms with Gasteiger partial charge in [-0.05, 0) is 35.0 Å². The minimum Gasteiger partial charge on any atom is -0.353 e. The number of nitrogens with zero attached hydrogens (tertiary/aromatic N) is 3. The van der Waals surface area contributed by atoms with Crippen molar-refractivity contribution in [2.45, 2.75) is 0 Å². The van der Waals surface area contributed by atoms with E-state index in [1.807, 2.05) is 65.7 Å². The highest BCUT2D eigenvalue weighted by molar-refractivity contribution is 5.98. The maximum Gasteiger partial charge on any atom is 0.253 e. The number of amides is 1. The normalized spacial score (nSPS) is 14.8. The molecular formula is C20H19N3O. The molecule has 4 nitrogen and oxygen atoms in total. The monoisotopic (exact) mass is 317 g/mol. The van der Waals surface area contributed by atoms with E-state index < -0.39 is 0 Å². The third-order valence-electron chi connectivity index (χ3n) is 4.54. The molecule has 4 rings (SSSR count). The van der Waals surface area contributed by atoms with Crippen LogP contribution in [0.2, 0.25) is 0 Å². The second-order valence-corrected chi connectivity index (χ2v) is 6.03. The molecule has 2 aromatic carbocycles. The molecule has 120 valence electrons. The summed E-state index contributed by atoms with van der Waals surface area (Å²) in [5, 5.41) is 2.27. The average Bonchev–Trinajstić information content (AvgIpc) is 2.68. The van der Waals surface area contributed by atoms with Crippen molar-refractivity contribution >= 4 is 22.5 Å². The van der Waals surface area contributed by atoms with Crippen molar-refractivity contribution in [1.29, 1.82) is 0 Å². The highest BCUT2D eigenvalue weighted by atomic mass is 16.2. The van der Waals surface area contributed by atoms with Crippen LogP contribution in [0.15, 0.2) is 66.9 Å². The van der Waals surface area contributed by atoms with Crippen LogP contribution in [0.4, 0.5) is 5.82 Å². The van der Waals surface area contributed by atoms with E-state index in [0.29, 0.717) is 0 Å². The van der Waals surface area contributed by atoms with Crippen LogP contribution < -0.4 is 4.90 Å². The molecule has 0 aliphatic carbocycles. The van der Waals surface area contributed by atoms with Crippen LogP contribution in [0.25, 0.3) is 10.8 Å². The lowest BCUT2D eigenvalue weighted by atomic mass is 10.1. The molecular weight excluding hydrogens is 298 g/mol. The van der Waals surface area contributed by atoms with Gasteiger partial charge in [0, 0.05) is 37.9 Å². The van der Waals surface area contributed by atoms with Crippen LogP contribution in [0, 0.1) is 0 Å². The van der Waals surface area contributed by atoms with Crippen molar-refractivity contribution in [2.24, 2.45) is 0 Å². The molecule has 4 heteroatoms. The first-order valence-corrected chi connectivity index (χ1v) is 8.25. The van der Waals surface area contributed by atoms with Crippen molar-refractivity contribution in [1.82, 2.24) is 9.88 Å². The highest BCUT2D eigenvalue weighted by Crippen LogP contribution is 2.18. The summed E-state index contributed by atoms with van der Waals surface area (Å²) < 4.78 is 0. The zero-order valence-electron chi connectivity index (χ0n) is 13.4. The summed E-state index contributed by atoms with van der Waals surface area (Å²) in [5.41, 5.74) is 0.764. The van der Waals surface area contributed by atoms with Gasteiger partial charge in [-0.2, -0.15) is 0 Å². The van der Waals surface area contributed by atoms with Crippen LogP contribution in [0.1, 0.15) is 10.4 Å². The summed E-state index contributed by atoms with van der Waals surface area (Å²) in [6.45, 7) is 3.08. The van der Waals surface area contributed by atoms with Crippen molar-refractivity contribution in [3.63, 3.8) is 0 Å². The molecule has 24 heavy (non-hydrogen) atoms. The molecule has 1 saturated heterocycles. The Morgan fingerprint density at radius 3 is 2.33 bits per heavy atom. The van der Waals surface area contributed by atoms with Crippen LogP contribution >= 0.6 is 0 Å². The SMILES string of the molecule is O=C(c1ccc2ccccc2c1)N1CCN(c2ccccn2)CC1. The molecule has 1 amide bonds. The Bertz CT molecular complexity index is 855. The summed E-state index contributed by atoms with van der Waals surface area (Å²) in [6, 6.07) is 20.0. The molecule has 1 fully saturated rings. The molecule has 0 spiro atoms. The van der Waals surface area contributed by atoms with Crippen molar-refractivity contribution in [3.8, 4) is 0 Å². The first kappa shape index (κ1) is 14.7.